The van der Waals surface area contributed by atoms with Gasteiger partial charge in [0.1, 0.15) is 11.5 Å². The first kappa shape index (κ1) is 18.4. The van der Waals surface area contributed by atoms with Crippen LogP contribution in [-0.4, -0.2) is 31.3 Å². The van der Waals surface area contributed by atoms with Gasteiger partial charge < -0.3 is 9.47 Å². The number of hydrogen-bond donors (Lipinski definition) is 1. The molecule has 0 radical (unpaired) electrons. The van der Waals surface area contributed by atoms with E-state index in [1.807, 2.05) is 0 Å². The maximum absolute atomic E-state index is 12.2. The lowest BCUT2D eigenvalue weighted by Crippen LogP contribution is -2.18. The fourth-order valence-electron chi connectivity index (χ4n) is 1.98. The summed E-state index contributed by atoms with van der Waals surface area (Å²) in [6, 6.07) is 9.02. The number of methoxy groups -OCH3 is 2. The number of ether oxygens (including phenoxy) is 2. The average Bonchev–Trinajstić information content (AvgIpc) is 2.61. The molecule has 0 saturated heterocycles. The van der Waals surface area contributed by atoms with Gasteiger partial charge >= 0.3 is 0 Å². The van der Waals surface area contributed by atoms with Crippen molar-refractivity contribution in [3.8, 4) is 11.5 Å². The number of nitro benzene ring substituents is 1. The average molecular weight is 408 g/mol. The smallest absolute Gasteiger partial charge is 0.275 e. The Kier molecular flexibility index (Phi) is 6.07. The SMILES string of the molecule is COc1ccc(/C=N\NC(=O)c2cc([N+](=O)[O-])ccc2OC)cc1Br. The molecule has 0 fully saturated rings. The number of carbonyl (C=O) groups is 1. The fourth-order valence-corrected chi connectivity index (χ4v) is 2.53. The maximum atomic E-state index is 12.2. The molecule has 0 spiro atoms. The molecule has 0 saturated carbocycles. The summed E-state index contributed by atoms with van der Waals surface area (Å²) in [5.41, 5.74) is 2.84. The monoisotopic (exact) mass is 407 g/mol. The molecule has 9 heteroatoms. The number of hydrogen-bond acceptors (Lipinski definition) is 6. The van der Waals surface area contributed by atoms with Crippen LogP contribution in [-0.2, 0) is 0 Å². The molecule has 0 atom stereocenters. The highest BCUT2D eigenvalue weighted by atomic mass is 79.9. The number of nitro groups is 1. The number of nitrogens with zero attached hydrogens (tertiary/aromatic N) is 2. The van der Waals surface area contributed by atoms with Crippen molar-refractivity contribution in [2.24, 2.45) is 5.10 Å². The molecule has 0 aromatic heterocycles. The second-order valence-electron chi connectivity index (χ2n) is 4.73. The van der Waals surface area contributed by atoms with Crippen LogP contribution >= 0.6 is 15.9 Å². The van der Waals surface area contributed by atoms with Crippen LogP contribution in [0.3, 0.4) is 0 Å². The first-order valence-corrected chi connectivity index (χ1v) is 7.75. The summed E-state index contributed by atoms with van der Waals surface area (Å²) in [5.74, 6) is 0.261. The molecule has 1 amide bonds. The van der Waals surface area contributed by atoms with Crippen LogP contribution in [0.2, 0.25) is 0 Å². The Balaban J connectivity index is 2.15. The zero-order chi connectivity index (χ0) is 18.4. The van der Waals surface area contributed by atoms with E-state index in [9.17, 15) is 14.9 Å². The largest absolute Gasteiger partial charge is 0.496 e. The number of benzene rings is 2. The summed E-state index contributed by atoms with van der Waals surface area (Å²) in [7, 11) is 2.93. The van der Waals surface area contributed by atoms with Crippen molar-refractivity contribution >= 4 is 33.7 Å². The van der Waals surface area contributed by atoms with Gasteiger partial charge in [-0.05, 0) is 45.8 Å². The lowest BCUT2D eigenvalue weighted by atomic mass is 10.1. The van der Waals surface area contributed by atoms with Crippen LogP contribution in [0.1, 0.15) is 15.9 Å². The van der Waals surface area contributed by atoms with Gasteiger partial charge in [-0.3, -0.25) is 14.9 Å². The Labute approximate surface area is 151 Å². The Morgan fingerprint density at radius 2 is 1.88 bits per heavy atom. The first-order chi connectivity index (χ1) is 12.0. The number of carbonyl (C=O) groups excluding carboxylic acids is 1. The second-order valence-corrected chi connectivity index (χ2v) is 5.59. The molecule has 0 aliphatic carbocycles. The van der Waals surface area contributed by atoms with E-state index in [1.54, 1.807) is 25.3 Å². The van der Waals surface area contributed by atoms with Gasteiger partial charge in [-0.2, -0.15) is 5.10 Å². The minimum atomic E-state index is -0.621. The van der Waals surface area contributed by atoms with Crippen LogP contribution < -0.4 is 14.9 Å². The molecule has 130 valence electrons. The summed E-state index contributed by atoms with van der Waals surface area (Å²) in [6.07, 6.45) is 1.44. The summed E-state index contributed by atoms with van der Waals surface area (Å²) >= 11 is 3.35. The van der Waals surface area contributed by atoms with E-state index in [0.29, 0.717) is 5.75 Å². The molecule has 0 unspecified atom stereocenters. The third kappa shape index (κ3) is 4.54. The Morgan fingerprint density at radius 3 is 2.48 bits per heavy atom. The van der Waals surface area contributed by atoms with Gasteiger partial charge in [-0.25, -0.2) is 5.43 Å². The van der Waals surface area contributed by atoms with E-state index >= 15 is 0 Å². The van der Waals surface area contributed by atoms with Gasteiger partial charge in [0.2, 0.25) is 0 Å². The van der Waals surface area contributed by atoms with Crippen molar-refractivity contribution in [3.63, 3.8) is 0 Å². The predicted octanol–water partition coefficient (Wildman–Crippen LogP) is 3.14. The number of rotatable bonds is 6. The van der Waals surface area contributed by atoms with Crippen molar-refractivity contribution < 1.29 is 19.2 Å². The second kappa shape index (κ2) is 8.25. The zero-order valence-corrected chi connectivity index (χ0v) is 14.9. The molecule has 2 aromatic carbocycles. The highest BCUT2D eigenvalue weighted by molar-refractivity contribution is 9.10. The minimum Gasteiger partial charge on any atom is -0.496 e. The quantitative estimate of drug-likeness (QED) is 0.450. The molecule has 2 rings (SSSR count). The van der Waals surface area contributed by atoms with Crippen molar-refractivity contribution in [3.05, 3.63) is 62.1 Å². The van der Waals surface area contributed by atoms with Crippen molar-refractivity contribution in [1.29, 1.82) is 0 Å². The molecule has 0 aliphatic heterocycles. The lowest BCUT2D eigenvalue weighted by molar-refractivity contribution is -0.384. The van der Waals surface area contributed by atoms with Crippen molar-refractivity contribution in [1.82, 2.24) is 5.43 Å². The van der Waals surface area contributed by atoms with Gasteiger partial charge in [0.25, 0.3) is 11.6 Å². The molecular weight excluding hydrogens is 394 g/mol. The molecule has 1 N–H and O–H groups in total. The zero-order valence-electron chi connectivity index (χ0n) is 13.4. The predicted molar refractivity (Wildman–Crippen MR) is 95.4 cm³/mol. The first-order valence-electron chi connectivity index (χ1n) is 6.95. The van der Waals surface area contributed by atoms with E-state index in [2.05, 4.69) is 26.5 Å². The number of hydrazone groups is 1. The number of amides is 1. The van der Waals surface area contributed by atoms with E-state index in [4.69, 9.17) is 9.47 Å². The number of halogens is 1. The number of non-ortho nitro benzene ring substituents is 1. The Morgan fingerprint density at radius 1 is 1.20 bits per heavy atom. The molecule has 2 aromatic rings. The third-order valence-electron chi connectivity index (χ3n) is 3.19. The van der Waals surface area contributed by atoms with Gasteiger partial charge in [0, 0.05) is 12.1 Å². The van der Waals surface area contributed by atoms with E-state index in [-0.39, 0.29) is 17.0 Å². The van der Waals surface area contributed by atoms with Crippen LogP contribution in [0.4, 0.5) is 5.69 Å². The standard InChI is InChI=1S/C16H14BrN3O5/c1-24-14-6-4-11(20(22)23)8-12(14)16(21)19-18-9-10-3-5-15(25-2)13(17)7-10/h3-9H,1-2H3,(H,19,21)/b18-9-. The maximum Gasteiger partial charge on any atom is 0.275 e. The highest BCUT2D eigenvalue weighted by Gasteiger charge is 2.17. The van der Waals surface area contributed by atoms with E-state index in [0.717, 1.165) is 16.1 Å². The van der Waals surface area contributed by atoms with Crippen molar-refractivity contribution in [2.45, 2.75) is 0 Å². The number of nitrogens with one attached hydrogen (secondary N) is 1. The Bertz CT molecular complexity index is 839. The van der Waals surface area contributed by atoms with Crippen LogP contribution in [0, 0.1) is 10.1 Å². The molecule has 8 nitrogen and oxygen atoms in total. The van der Waals surface area contributed by atoms with Gasteiger partial charge in [0.05, 0.1) is 35.4 Å². The summed E-state index contributed by atoms with van der Waals surface area (Å²) in [6.45, 7) is 0. The molecule has 25 heavy (non-hydrogen) atoms. The summed E-state index contributed by atoms with van der Waals surface area (Å²) < 4.78 is 10.9. The lowest BCUT2D eigenvalue weighted by Gasteiger charge is -2.06. The van der Waals surface area contributed by atoms with Gasteiger partial charge in [-0.15, -0.1) is 0 Å². The minimum absolute atomic E-state index is 0.0183. The van der Waals surface area contributed by atoms with Crippen molar-refractivity contribution in [2.75, 3.05) is 14.2 Å². The summed E-state index contributed by atoms with van der Waals surface area (Å²) in [5, 5.41) is 14.7. The van der Waals surface area contributed by atoms with Crippen LogP contribution in [0.5, 0.6) is 11.5 Å². The van der Waals surface area contributed by atoms with Crippen LogP contribution in [0.25, 0.3) is 0 Å². The molecular formula is C16H14BrN3O5. The van der Waals surface area contributed by atoms with Gasteiger partial charge in [0.15, 0.2) is 0 Å². The topological polar surface area (TPSA) is 103 Å². The summed E-state index contributed by atoms with van der Waals surface area (Å²) in [4.78, 5) is 22.5. The normalized spacial score (nSPS) is 10.5. The molecule has 0 aliphatic rings. The fraction of sp³-hybridized carbons (Fsp3) is 0.125. The van der Waals surface area contributed by atoms with E-state index < -0.39 is 10.8 Å². The highest BCUT2D eigenvalue weighted by Crippen LogP contribution is 2.25. The van der Waals surface area contributed by atoms with Crippen LogP contribution in [0.15, 0.2) is 46.0 Å². The van der Waals surface area contributed by atoms with E-state index in [1.165, 1.54) is 25.5 Å². The Hall–Kier alpha value is -2.94. The molecule has 0 heterocycles. The van der Waals surface area contributed by atoms with Gasteiger partial charge in [-0.1, -0.05) is 0 Å². The molecule has 0 bridgehead atoms. The third-order valence-corrected chi connectivity index (χ3v) is 3.81.